The molecule has 2 aromatic carbocycles. The van der Waals surface area contributed by atoms with Crippen LogP contribution in [0.5, 0.6) is 5.75 Å². The lowest BCUT2D eigenvalue weighted by Crippen LogP contribution is -1.90. The maximum Gasteiger partial charge on any atom is 0.131 e. The minimum Gasteiger partial charge on any atom is -0.496 e. The number of hydrogen-bond acceptors (Lipinski definition) is 1. The zero-order chi connectivity index (χ0) is 11.5. The Morgan fingerprint density at radius 1 is 1.00 bits per heavy atom. The number of para-hydroxylation sites is 1. The first-order valence-corrected chi connectivity index (χ1v) is 5.12. The lowest BCUT2D eigenvalue weighted by Gasteiger charge is -2.09. The van der Waals surface area contributed by atoms with Crippen LogP contribution >= 0.6 is 0 Å². The van der Waals surface area contributed by atoms with Gasteiger partial charge in [0.15, 0.2) is 0 Å². The quantitative estimate of drug-likeness (QED) is 0.741. The molecule has 0 fully saturated rings. The molecule has 1 nitrogen and oxygen atoms in total. The van der Waals surface area contributed by atoms with E-state index in [0.717, 1.165) is 11.1 Å². The van der Waals surface area contributed by atoms with Crippen molar-refractivity contribution >= 4 is 0 Å². The fourth-order valence-corrected chi connectivity index (χ4v) is 1.71. The molecule has 0 N–H and O–H groups in total. The summed E-state index contributed by atoms with van der Waals surface area (Å²) in [5.74, 6) is 0.467. The number of halogens is 1. The number of rotatable bonds is 2. The van der Waals surface area contributed by atoms with Gasteiger partial charge < -0.3 is 4.74 Å². The molecule has 0 saturated carbocycles. The summed E-state index contributed by atoms with van der Waals surface area (Å²) in [6.07, 6.45) is 0. The van der Waals surface area contributed by atoms with Gasteiger partial charge in [0, 0.05) is 11.1 Å². The molecule has 2 heteroatoms. The topological polar surface area (TPSA) is 9.23 Å². The van der Waals surface area contributed by atoms with Crippen molar-refractivity contribution in [1.82, 2.24) is 0 Å². The second-order valence-electron chi connectivity index (χ2n) is 3.68. The average Bonchev–Trinajstić information content (AvgIpc) is 2.29. The molecular formula is C14H13FO. The van der Waals surface area contributed by atoms with Crippen molar-refractivity contribution < 1.29 is 9.13 Å². The van der Waals surface area contributed by atoms with Crippen molar-refractivity contribution in [2.75, 3.05) is 7.11 Å². The highest BCUT2D eigenvalue weighted by molar-refractivity contribution is 5.71. The van der Waals surface area contributed by atoms with Gasteiger partial charge >= 0.3 is 0 Å². The summed E-state index contributed by atoms with van der Waals surface area (Å²) in [5, 5.41) is 0. The lowest BCUT2D eigenvalue weighted by molar-refractivity contribution is 0.416. The van der Waals surface area contributed by atoms with E-state index in [2.05, 4.69) is 0 Å². The fourth-order valence-electron chi connectivity index (χ4n) is 1.71. The van der Waals surface area contributed by atoms with Crippen LogP contribution in [0, 0.1) is 12.7 Å². The first kappa shape index (κ1) is 10.7. The van der Waals surface area contributed by atoms with Crippen molar-refractivity contribution in [2.45, 2.75) is 6.92 Å². The molecule has 0 unspecified atom stereocenters. The summed E-state index contributed by atoms with van der Waals surface area (Å²) in [7, 11) is 1.59. The Labute approximate surface area is 94.5 Å². The maximum absolute atomic E-state index is 13.8. The SMILES string of the molecule is COc1ccccc1-c1ccc(C)cc1F. The van der Waals surface area contributed by atoms with E-state index in [9.17, 15) is 4.39 Å². The van der Waals surface area contributed by atoms with E-state index in [-0.39, 0.29) is 5.82 Å². The molecule has 0 atom stereocenters. The summed E-state index contributed by atoms with van der Waals surface area (Å²) in [6, 6.07) is 12.6. The average molecular weight is 216 g/mol. The molecular weight excluding hydrogens is 203 g/mol. The first-order valence-electron chi connectivity index (χ1n) is 5.12. The van der Waals surface area contributed by atoms with Gasteiger partial charge in [0.25, 0.3) is 0 Å². The highest BCUT2D eigenvalue weighted by atomic mass is 19.1. The number of ether oxygens (including phenoxy) is 1. The van der Waals surface area contributed by atoms with Gasteiger partial charge in [-0.2, -0.15) is 0 Å². The molecule has 0 saturated heterocycles. The molecule has 0 radical (unpaired) electrons. The van der Waals surface area contributed by atoms with Crippen molar-refractivity contribution in [2.24, 2.45) is 0 Å². The van der Waals surface area contributed by atoms with Gasteiger partial charge in [0.2, 0.25) is 0 Å². The van der Waals surface area contributed by atoms with E-state index in [1.807, 2.05) is 37.3 Å². The molecule has 0 aliphatic rings. The molecule has 0 heterocycles. The summed E-state index contributed by atoms with van der Waals surface area (Å²) in [5.41, 5.74) is 2.27. The molecule has 0 aliphatic heterocycles. The van der Waals surface area contributed by atoms with E-state index in [1.54, 1.807) is 13.2 Å². The minimum atomic E-state index is -0.218. The van der Waals surface area contributed by atoms with Crippen LogP contribution in [0.4, 0.5) is 4.39 Å². The third-order valence-corrected chi connectivity index (χ3v) is 2.52. The summed E-state index contributed by atoms with van der Waals surface area (Å²) in [6.45, 7) is 1.87. The van der Waals surface area contributed by atoms with Gasteiger partial charge in [-0.25, -0.2) is 4.39 Å². The van der Waals surface area contributed by atoms with E-state index in [4.69, 9.17) is 4.74 Å². The van der Waals surface area contributed by atoms with Gasteiger partial charge in [0.05, 0.1) is 7.11 Å². The van der Waals surface area contributed by atoms with Crippen LogP contribution < -0.4 is 4.74 Å². The van der Waals surface area contributed by atoms with Crippen LogP contribution in [-0.2, 0) is 0 Å². The highest BCUT2D eigenvalue weighted by Gasteiger charge is 2.09. The minimum absolute atomic E-state index is 0.218. The van der Waals surface area contributed by atoms with Crippen molar-refractivity contribution in [3.05, 3.63) is 53.8 Å². The number of hydrogen-bond donors (Lipinski definition) is 0. The van der Waals surface area contributed by atoms with Gasteiger partial charge in [0.1, 0.15) is 11.6 Å². The maximum atomic E-state index is 13.8. The predicted octanol–water partition coefficient (Wildman–Crippen LogP) is 3.81. The Morgan fingerprint density at radius 3 is 2.44 bits per heavy atom. The van der Waals surface area contributed by atoms with Crippen molar-refractivity contribution in [1.29, 1.82) is 0 Å². The standard InChI is InChI=1S/C14H13FO/c1-10-7-8-11(13(15)9-10)12-5-3-4-6-14(12)16-2/h3-9H,1-2H3. The second kappa shape index (κ2) is 4.35. The smallest absolute Gasteiger partial charge is 0.131 e. The van der Waals surface area contributed by atoms with Crippen molar-refractivity contribution in [3.63, 3.8) is 0 Å². The summed E-state index contributed by atoms with van der Waals surface area (Å²) in [4.78, 5) is 0. The van der Waals surface area contributed by atoms with Crippen LogP contribution in [0.2, 0.25) is 0 Å². The monoisotopic (exact) mass is 216 g/mol. The van der Waals surface area contributed by atoms with Crippen molar-refractivity contribution in [3.8, 4) is 16.9 Å². The molecule has 2 aromatic rings. The predicted molar refractivity (Wildman–Crippen MR) is 63.1 cm³/mol. The lowest BCUT2D eigenvalue weighted by atomic mass is 10.0. The Morgan fingerprint density at radius 2 is 1.75 bits per heavy atom. The Bertz CT molecular complexity index is 506. The molecule has 82 valence electrons. The van der Waals surface area contributed by atoms with Crippen LogP contribution in [-0.4, -0.2) is 7.11 Å². The van der Waals surface area contributed by atoms with E-state index >= 15 is 0 Å². The number of benzene rings is 2. The zero-order valence-corrected chi connectivity index (χ0v) is 9.33. The molecule has 0 bridgehead atoms. The molecule has 0 aromatic heterocycles. The zero-order valence-electron chi connectivity index (χ0n) is 9.33. The van der Waals surface area contributed by atoms with Gasteiger partial charge in [-0.05, 0) is 24.6 Å². The third kappa shape index (κ3) is 1.91. The van der Waals surface area contributed by atoms with Crippen LogP contribution in [0.25, 0.3) is 11.1 Å². The molecule has 0 aliphatic carbocycles. The number of aryl methyl sites for hydroxylation is 1. The second-order valence-corrected chi connectivity index (χ2v) is 3.68. The van der Waals surface area contributed by atoms with Gasteiger partial charge in [-0.1, -0.05) is 30.3 Å². The third-order valence-electron chi connectivity index (χ3n) is 2.52. The molecule has 0 amide bonds. The highest BCUT2D eigenvalue weighted by Crippen LogP contribution is 2.31. The van der Waals surface area contributed by atoms with Crippen LogP contribution in [0.1, 0.15) is 5.56 Å². The van der Waals surface area contributed by atoms with E-state index in [1.165, 1.54) is 6.07 Å². The van der Waals surface area contributed by atoms with Crippen LogP contribution in [0.15, 0.2) is 42.5 Å². The summed E-state index contributed by atoms with van der Waals surface area (Å²) < 4.78 is 19.0. The van der Waals surface area contributed by atoms with E-state index in [0.29, 0.717) is 11.3 Å². The Kier molecular flexibility index (Phi) is 2.91. The summed E-state index contributed by atoms with van der Waals surface area (Å²) >= 11 is 0. The van der Waals surface area contributed by atoms with E-state index < -0.39 is 0 Å². The normalized spacial score (nSPS) is 10.2. The van der Waals surface area contributed by atoms with Gasteiger partial charge in [-0.15, -0.1) is 0 Å². The van der Waals surface area contributed by atoms with Crippen LogP contribution in [0.3, 0.4) is 0 Å². The first-order chi connectivity index (χ1) is 7.72. The fraction of sp³-hybridized carbons (Fsp3) is 0.143. The Hall–Kier alpha value is -1.83. The largest absolute Gasteiger partial charge is 0.496 e. The number of methoxy groups -OCH3 is 1. The Balaban J connectivity index is 2.58. The van der Waals surface area contributed by atoms with Gasteiger partial charge in [-0.3, -0.25) is 0 Å². The molecule has 0 spiro atoms. The molecule has 2 rings (SSSR count). The molecule has 16 heavy (non-hydrogen) atoms.